The molecule has 0 spiro atoms. The van der Waals surface area contributed by atoms with E-state index in [4.69, 9.17) is 0 Å². The Hall–Kier alpha value is -1.61. The van der Waals surface area contributed by atoms with E-state index in [-0.39, 0.29) is 0 Å². The van der Waals surface area contributed by atoms with Crippen molar-refractivity contribution in [3.63, 3.8) is 0 Å². The zero-order chi connectivity index (χ0) is 11.8. The van der Waals surface area contributed by atoms with Gasteiger partial charge >= 0.3 is 0 Å². The van der Waals surface area contributed by atoms with Gasteiger partial charge in [-0.25, -0.2) is 4.68 Å². The van der Waals surface area contributed by atoms with Crippen LogP contribution in [0.2, 0.25) is 0 Å². The lowest BCUT2D eigenvalue weighted by Crippen LogP contribution is -2.23. The summed E-state index contributed by atoms with van der Waals surface area (Å²) >= 11 is 0. The Morgan fingerprint density at radius 1 is 1.18 bits per heavy atom. The lowest BCUT2D eigenvalue weighted by atomic mass is 10.0. The van der Waals surface area contributed by atoms with Crippen LogP contribution in [-0.4, -0.2) is 16.3 Å². The lowest BCUT2D eigenvalue weighted by molar-refractivity contribution is 0.642. The number of rotatable bonds is 1. The van der Waals surface area contributed by atoms with Crippen molar-refractivity contribution >= 4 is 0 Å². The first-order chi connectivity index (χ1) is 8.24. The van der Waals surface area contributed by atoms with Crippen molar-refractivity contribution in [2.75, 3.05) is 6.54 Å². The maximum Gasteiger partial charge on any atom is 0.0652 e. The van der Waals surface area contributed by atoms with Gasteiger partial charge in [-0.1, -0.05) is 6.07 Å². The molecule has 2 aromatic rings. The first kappa shape index (κ1) is 10.5. The van der Waals surface area contributed by atoms with Crippen LogP contribution in [0.1, 0.15) is 22.5 Å². The SMILES string of the molecule is Cc1cc(C)n(-c2ccc3c(c2)CNCC3)n1. The quantitative estimate of drug-likeness (QED) is 0.809. The van der Waals surface area contributed by atoms with E-state index in [0.717, 1.165) is 30.9 Å². The third-order valence-electron chi connectivity index (χ3n) is 3.33. The molecule has 0 fully saturated rings. The van der Waals surface area contributed by atoms with Crippen LogP contribution in [0.15, 0.2) is 24.3 Å². The highest BCUT2D eigenvalue weighted by Gasteiger charge is 2.10. The van der Waals surface area contributed by atoms with Crippen LogP contribution >= 0.6 is 0 Å². The third kappa shape index (κ3) is 1.87. The van der Waals surface area contributed by atoms with E-state index < -0.39 is 0 Å². The largest absolute Gasteiger partial charge is 0.312 e. The van der Waals surface area contributed by atoms with E-state index in [1.165, 1.54) is 16.8 Å². The molecule has 3 heteroatoms. The van der Waals surface area contributed by atoms with Crippen LogP contribution < -0.4 is 5.32 Å². The molecule has 1 N–H and O–H groups in total. The summed E-state index contributed by atoms with van der Waals surface area (Å²) in [5.41, 5.74) is 6.29. The van der Waals surface area contributed by atoms with Crippen LogP contribution in [0.25, 0.3) is 5.69 Å². The van der Waals surface area contributed by atoms with Gasteiger partial charge < -0.3 is 5.32 Å². The molecule has 0 saturated carbocycles. The Kier molecular flexibility index (Phi) is 2.48. The molecule has 0 radical (unpaired) electrons. The molecule has 17 heavy (non-hydrogen) atoms. The molecule has 1 aliphatic rings. The summed E-state index contributed by atoms with van der Waals surface area (Å²) in [6.45, 7) is 6.19. The normalized spacial score (nSPS) is 14.7. The van der Waals surface area contributed by atoms with Crippen LogP contribution in [0.3, 0.4) is 0 Å². The molecule has 1 aliphatic heterocycles. The first-order valence-corrected chi connectivity index (χ1v) is 6.10. The summed E-state index contributed by atoms with van der Waals surface area (Å²) in [6, 6.07) is 8.77. The minimum absolute atomic E-state index is 0.975. The van der Waals surface area contributed by atoms with Crippen molar-refractivity contribution in [3.8, 4) is 5.69 Å². The zero-order valence-electron chi connectivity index (χ0n) is 10.3. The second-order valence-electron chi connectivity index (χ2n) is 4.72. The second-order valence-corrected chi connectivity index (χ2v) is 4.72. The van der Waals surface area contributed by atoms with E-state index in [1.54, 1.807) is 0 Å². The number of nitrogens with one attached hydrogen (secondary N) is 1. The maximum atomic E-state index is 4.53. The van der Waals surface area contributed by atoms with Gasteiger partial charge in [0.25, 0.3) is 0 Å². The Balaban J connectivity index is 2.06. The average Bonchev–Trinajstić information content (AvgIpc) is 2.68. The fraction of sp³-hybridized carbons (Fsp3) is 0.357. The van der Waals surface area contributed by atoms with Gasteiger partial charge in [-0.15, -0.1) is 0 Å². The molecule has 0 atom stereocenters. The number of nitrogens with zero attached hydrogens (tertiary/aromatic N) is 2. The summed E-state index contributed by atoms with van der Waals surface area (Å²) in [7, 11) is 0. The highest BCUT2D eigenvalue weighted by molar-refractivity contribution is 5.42. The van der Waals surface area contributed by atoms with Gasteiger partial charge in [-0.3, -0.25) is 0 Å². The highest BCUT2D eigenvalue weighted by Crippen LogP contribution is 2.19. The number of aromatic nitrogens is 2. The molecule has 3 nitrogen and oxygen atoms in total. The average molecular weight is 227 g/mol. The fourth-order valence-electron chi connectivity index (χ4n) is 2.49. The minimum Gasteiger partial charge on any atom is -0.312 e. The molecule has 0 saturated heterocycles. The van der Waals surface area contributed by atoms with Crippen molar-refractivity contribution in [1.29, 1.82) is 0 Å². The Bertz CT molecular complexity index is 555. The van der Waals surface area contributed by atoms with E-state index in [0.29, 0.717) is 0 Å². The molecule has 3 rings (SSSR count). The number of aryl methyl sites for hydroxylation is 2. The van der Waals surface area contributed by atoms with Crippen molar-refractivity contribution in [3.05, 3.63) is 46.8 Å². The molecule has 1 aromatic carbocycles. The Morgan fingerprint density at radius 2 is 2.06 bits per heavy atom. The fourth-order valence-corrected chi connectivity index (χ4v) is 2.49. The summed E-state index contributed by atoms with van der Waals surface area (Å²) in [5.74, 6) is 0. The zero-order valence-corrected chi connectivity index (χ0v) is 10.3. The second kappa shape index (κ2) is 4.00. The van der Waals surface area contributed by atoms with Gasteiger partial charge in [0, 0.05) is 12.2 Å². The number of hydrogen-bond acceptors (Lipinski definition) is 2. The van der Waals surface area contributed by atoms with Crippen LogP contribution in [-0.2, 0) is 13.0 Å². The highest BCUT2D eigenvalue weighted by atomic mass is 15.3. The Labute approximate surface area is 101 Å². The van der Waals surface area contributed by atoms with Gasteiger partial charge in [-0.05, 0) is 56.1 Å². The van der Waals surface area contributed by atoms with Crippen molar-refractivity contribution in [1.82, 2.24) is 15.1 Å². The smallest absolute Gasteiger partial charge is 0.0652 e. The molecular formula is C14H17N3. The molecule has 2 heterocycles. The monoisotopic (exact) mass is 227 g/mol. The summed E-state index contributed by atoms with van der Waals surface area (Å²) in [5, 5.41) is 7.94. The summed E-state index contributed by atoms with van der Waals surface area (Å²) < 4.78 is 2.02. The van der Waals surface area contributed by atoms with Crippen LogP contribution in [0.4, 0.5) is 0 Å². The van der Waals surface area contributed by atoms with Gasteiger partial charge in [0.1, 0.15) is 0 Å². The third-order valence-corrected chi connectivity index (χ3v) is 3.33. The molecule has 0 amide bonds. The molecule has 0 bridgehead atoms. The summed E-state index contributed by atoms with van der Waals surface area (Å²) in [4.78, 5) is 0. The first-order valence-electron chi connectivity index (χ1n) is 6.10. The maximum absolute atomic E-state index is 4.53. The van der Waals surface area contributed by atoms with Gasteiger partial charge in [-0.2, -0.15) is 5.10 Å². The summed E-state index contributed by atoms with van der Waals surface area (Å²) in [6.07, 6.45) is 1.13. The number of fused-ring (bicyclic) bond motifs is 1. The topological polar surface area (TPSA) is 29.9 Å². The molecular weight excluding hydrogens is 210 g/mol. The Morgan fingerprint density at radius 3 is 2.82 bits per heavy atom. The van der Waals surface area contributed by atoms with E-state index >= 15 is 0 Å². The van der Waals surface area contributed by atoms with E-state index in [1.807, 2.05) is 11.6 Å². The predicted octanol–water partition coefficient (Wildman–Crippen LogP) is 2.13. The van der Waals surface area contributed by atoms with Crippen molar-refractivity contribution < 1.29 is 0 Å². The van der Waals surface area contributed by atoms with E-state index in [2.05, 4.69) is 41.6 Å². The molecule has 1 aromatic heterocycles. The van der Waals surface area contributed by atoms with Gasteiger partial charge in [0.2, 0.25) is 0 Å². The predicted molar refractivity (Wildman–Crippen MR) is 68.4 cm³/mol. The molecule has 0 aliphatic carbocycles. The molecule has 0 unspecified atom stereocenters. The standard InChI is InChI=1S/C14H17N3/c1-10-7-11(2)17(16-10)14-4-3-12-5-6-15-9-13(12)8-14/h3-4,7-8,15H,5-6,9H2,1-2H3. The van der Waals surface area contributed by atoms with Crippen molar-refractivity contribution in [2.24, 2.45) is 0 Å². The van der Waals surface area contributed by atoms with E-state index in [9.17, 15) is 0 Å². The number of hydrogen-bond donors (Lipinski definition) is 1. The lowest BCUT2D eigenvalue weighted by Gasteiger charge is -2.18. The minimum atomic E-state index is 0.975. The van der Waals surface area contributed by atoms with Gasteiger partial charge in [0.05, 0.1) is 11.4 Å². The van der Waals surface area contributed by atoms with Crippen LogP contribution in [0.5, 0.6) is 0 Å². The van der Waals surface area contributed by atoms with Gasteiger partial charge in [0.15, 0.2) is 0 Å². The van der Waals surface area contributed by atoms with Crippen molar-refractivity contribution in [2.45, 2.75) is 26.8 Å². The molecule has 88 valence electrons. The number of benzene rings is 1. The van der Waals surface area contributed by atoms with Crippen LogP contribution in [0, 0.1) is 13.8 Å².